The zero-order chi connectivity index (χ0) is 19.9. The number of hydrogen-bond donors (Lipinski definition) is 1. The van der Waals surface area contributed by atoms with Gasteiger partial charge in [-0.2, -0.15) is 10.1 Å². The lowest BCUT2D eigenvalue weighted by Crippen LogP contribution is -2.27. The van der Waals surface area contributed by atoms with Crippen LogP contribution < -0.4 is 10.9 Å². The van der Waals surface area contributed by atoms with Crippen molar-refractivity contribution in [2.45, 2.75) is 53.5 Å². The zero-order valence-electron chi connectivity index (χ0n) is 17.3. The second-order valence-electron chi connectivity index (χ2n) is 7.40. The first-order valence-electron chi connectivity index (χ1n) is 9.56. The van der Waals surface area contributed by atoms with Gasteiger partial charge in [-0.15, -0.1) is 0 Å². The second-order valence-corrected chi connectivity index (χ2v) is 7.40. The van der Waals surface area contributed by atoms with Crippen LogP contribution in [0.3, 0.4) is 0 Å². The Morgan fingerprint density at radius 3 is 2.22 bits per heavy atom. The molecule has 0 fully saturated rings. The van der Waals surface area contributed by atoms with E-state index in [1.54, 1.807) is 16.3 Å². The quantitative estimate of drug-likeness (QED) is 0.744. The molecule has 0 radical (unpaired) electrons. The van der Waals surface area contributed by atoms with Gasteiger partial charge in [0.2, 0.25) is 5.95 Å². The first kappa shape index (κ1) is 19.1. The monoisotopic (exact) mass is 367 g/mol. The van der Waals surface area contributed by atoms with Crippen molar-refractivity contribution in [1.82, 2.24) is 19.3 Å². The molecule has 2 aromatic heterocycles. The molecule has 144 valence electrons. The molecule has 6 nitrogen and oxygen atoms in total. The highest BCUT2D eigenvalue weighted by Gasteiger charge is 2.21. The van der Waals surface area contributed by atoms with Crippen molar-refractivity contribution in [3.63, 3.8) is 0 Å². The van der Waals surface area contributed by atoms with Crippen LogP contribution in [0.5, 0.6) is 0 Å². The average Bonchev–Trinajstić information content (AvgIpc) is 2.92. The van der Waals surface area contributed by atoms with Crippen LogP contribution in [0.2, 0.25) is 0 Å². The molecule has 0 atom stereocenters. The maximum Gasteiger partial charge on any atom is 0.266 e. The highest BCUT2D eigenvalue weighted by atomic mass is 16.1. The summed E-state index contributed by atoms with van der Waals surface area (Å²) >= 11 is 0. The Morgan fingerprint density at radius 2 is 1.67 bits per heavy atom. The topological polar surface area (TPSA) is 64.7 Å². The minimum absolute atomic E-state index is 0.0732. The first-order chi connectivity index (χ1) is 12.8. The number of anilines is 1. The van der Waals surface area contributed by atoms with Crippen LogP contribution >= 0.6 is 0 Å². The van der Waals surface area contributed by atoms with Crippen molar-refractivity contribution in [3.05, 3.63) is 39.2 Å². The van der Waals surface area contributed by atoms with E-state index in [1.807, 2.05) is 7.05 Å². The molecule has 0 saturated heterocycles. The summed E-state index contributed by atoms with van der Waals surface area (Å²) in [6.45, 7) is 10.5. The number of nitrogens with zero attached hydrogens (tertiary/aromatic N) is 4. The molecule has 1 aromatic carbocycles. The lowest BCUT2D eigenvalue weighted by molar-refractivity contribution is 0.653. The summed E-state index contributed by atoms with van der Waals surface area (Å²) in [5.41, 5.74) is 5.71. The molecular weight excluding hydrogens is 338 g/mol. The van der Waals surface area contributed by atoms with Gasteiger partial charge in [0.15, 0.2) is 5.65 Å². The maximum atomic E-state index is 13.2. The summed E-state index contributed by atoms with van der Waals surface area (Å²) in [4.78, 5) is 18.0. The van der Waals surface area contributed by atoms with E-state index in [0.29, 0.717) is 22.7 Å². The summed E-state index contributed by atoms with van der Waals surface area (Å²) in [5, 5.41) is 8.66. The van der Waals surface area contributed by atoms with Crippen molar-refractivity contribution < 1.29 is 0 Å². The van der Waals surface area contributed by atoms with Gasteiger partial charge in [0, 0.05) is 25.7 Å². The molecule has 0 aliphatic rings. The van der Waals surface area contributed by atoms with Crippen molar-refractivity contribution >= 4 is 17.0 Å². The third-order valence-corrected chi connectivity index (χ3v) is 5.30. The van der Waals surface area contributed by atoms with Gasteiger partial charge in [-0.3, -0.25) is 9.36 Å². The number of hydrogen-bond acceptors (Lipinski definition) is 4. The SMILES string of the molecule is CCC(CC)Nc1nc2c(c(-c3c(C)cc(C)cc3C)nn2C)c(=O)n1C. The predicted octanol–water partition coefficient (Wildman–Crippen LogP) is 3.86. The van der Waals surface area contributed by atoms with Crippen LogP contribution in [0.25, 0.3) is 22.3 Å². The standard InChI is InChI=1S/C21H29N5O/c1-8-15(9-2)22-21-23-19-17(20(27)25(21)6)18(24-26(19)7)16-13(4)10-12(3)11-14(16)5/h10-11,15H,8-9H2,1-7H3,(H,22,23). The minimum atomic E-state index is -0.0732. The van der Waals surface area contributed by atoms with Crippen LogP contribution in [0.1, 0.15) is 43.4 Å². The van der Waals surface area contributed by atoms with E-state index >= 15 is 0 Å². The molecule has 0 aliphatic heterocycles. The number of rotatable bonds is 5. The van der Waals surface area contributed by atoms with E-state index in [1.165, 1.54) is 5.56 Å². The first-order valence-corrected chi connectivity index (χ1v) is 9.56. The molecule has 27 heavy (non-hydrogen) atoms. The lowest BCUT2D eigenvalue weighted by atomic mass is 9.96. The van der Waals surface area contributed by atoms with Crippen molar-refractivity contribution in [3.8, 4) is 11.3 Å². The van der Waals surface area contributed by atoms with E-state index in [2.05, 4.69) is 57.2 Å². The third kappa shape index (κ3) is 3.24. The summed E-state index contributed by atoms with van der Waals surface area (Å²) in [6.07, 6.45) is 1.95. The Hall–Kier alpha value is -2.63. The highest BCUT2D eigenvalue weighted by Crippen LogP contribution is 2.31. The summed E-state index contributed by atoms with van der Waals surface area (Å²) in [6, 6.07) is 4.54. The van der Waals surface area contributed by atoms with Gasteiger partial charge in [0.05, 0.1) is 0 Å². The van der Waals surface area contributed by atoms with Crippen molar-refractivity contribution in [2.24, 2.45) is 14.1 Å². The van der Waals surface area contributed by atoms with E-state index in [4.69, 9.17) is 4.98 Å². The molecule has 0 amide bonds. The normalized spacial score (nSPS) is 11.6. The summed E-state index contributed by atoms with van der Waals surface area (Å²) < 4.78 is 3.31. The number of benzene rings is 1. The molecular formula is C21H29N5O. The van der Waals surface area contributed by atoms with Gasteiger partial charge in [0.25, 0.3) is 5.56 Å². The smallest absolute Gasteiger partial charge is 0.266 e. The Balaban J connectivity index is 2.28. The molecule has 3 aromatic rings. The van der Waals surface area contributed by atoms with Crippen molar-refractivity contribution in [2.75, 3.05) is 5.32 Å². The molecule has 0 unspecified atom stereocenters. The fourth-order valence-electron chi connectivity index (χ4n) is 3.81. The third-order valence-electron chi connectivity index (χ3n) is 5.30. The number of nitrogens with one attached hydrogen (secondary N) is 1. The van der Waals surface area contributed by atoms with Gasteiger partial charge in [-0.05, 0) is 44.7 Å². The Bertz CT molecular complexity index is 1030. The Labute approximate surface area is 160 Å². The Morgan fingerprint density at radius 1 is 1.07 bits per heavy atom. The van der Waals surface area contributed by atoms with E-state index < -0.39 is 0 Å². The summed E-state index contributed by atoms with van der Waals surface area (Å²) in [5.74, 6) is 0.591. The molecule has 0 saturated carbocycles. The molecule has 1 N–H and O–H groups in total. The van der Waals surface area contributed by atoms with Gasteiger partial charge < -0.3 is 5.32 Å². The molecule has 0 aliphatic carbocycles. The summed E-state index contributed by atoms with van der Waals surface area (Å²) in [7, 11) is 3.61. The fraction of sp³-hybridized carbons (Fsp3) is 0.476. The fourth-order valence-corrected chi connectivity index (χ4v) is 3.81. The minimum Gasteiger partial charge on any atom is -0.353 e. The van der Waals surface area contributed by atoms with E-state index in [0.717, 1.165) is 29.5 Å². The van der Waals surface area contributed by atoms with Crippen LogP contribution in [0.15, 0.2) is 16.9 Å². The molecule has 0 spiro atoms. The van der Waals surface area contributed by atoms with Crippen LogP contribution in [-0.4, -0.2) is 25.4 Å². The van der Waals surface area contributed by atoms with Gasteiger partial charge in [-0.25, -0.2) is 4.68 Å². The number of fused-ring (bicyclic) bond motifs is 1. The van der Waals surface area contributed by atoms with Crippen LogP contribution in [0.4, 0.5) is 5.95 Å². The molecule has 2 heterocycles. The number of aromatic nitrogens is 4. The largest absolute Gasteiger partial charge is 0.353 e. The van der Waals surface area contributed by atoms with Gasteiger partial charge in [0.1, 0.15) is 11.1 Å². The Kier molecular flexibility index (Phi) is 5.09. The predicted molar refractivity (Wildman–Crippen MR) is 111 cm³/mol. The number of aryl methyl sites for hydroxylation is 4. The average molecular weight is 367 g/mol. The molecule has 6 heteroatoms. The molecule has 0 bridgehead atoms. The van der Waals surface area contributed by atoms with Crippen LogP contribution in [0, 0.1) is 20.8 Å². The van der Waals surface area contributed by atoms with Gasteiger partial charge >= 0.3 is 0 Å². The second kappa shape index (κ2) is 7.18. The highest BCUT2D eigenvalue weighted by molar-refractivity contribution is 5.93. The zero-order valence-corrected chi connectivity index (χ0v) is 17.3. The maximum absolute atomic E-state index is 13.2. The lowest BCUT2D eigenvalue weighted by Gasteiger charge is -2.17. The van der Waals surface area contributed by atoms with Crippen molar-refractivity contribution in [1.29, 1.82) is 0 Å². The van der Waals surface area contributed by atoms with E-state index in [-0.39, 0.29) is 11.6 Å². The van der Waals surface area contributed by atoms with E-state index in [9.17, 15) is 4.79 Å². The van der Waals surface area contributed by atoms with Gasteiger partial charge in [-0.1, -0.05) is 31.5 Å². The molecule has 3 rings (SSSR count). The van der Waals surface area contributed by atoms with Crippen LogP contribution in [-0.2, 0) is 14.1 Å².